The number of rotatable bonds is 6. The predicted molar refractivity (Wildman–Crippen MR) is 61.0 cm³/mol. The number of methoxy groups -OCH3 is 2. The van der Waals surface area contributed by atoms with E-state index in [2.05, 4.69) is 15.5 Å². The molecule has 1 aromatic rings. The molecule has 0 aliphatic heterocycles. The quantitative estimate of drug-likeness (QED) is 0.354. The first-order valence-corrected chi connectivity index (χ1v) is 4.97. The maximum Gasteiger partial charge on any atom is 0.436 e. The molecule has 0 aliphatic carbocycles. The molecule has 1 unspecified atom stereocenters. The summed E-state index contributed by atoms with van der Waals surface area (Å²) in [6.45, 7) is 0. The molecule has 0 aliphatic rings. The predicted octanol–water partition coefficient (Wildman–Crippen LogP) is 1.01. The minimum absolute atomic E-state index is 0.101. The van der Waals surface area contributed by atoms with Crippen LogP contribution in [0.15, 0.2) is 18.2 Å². The Hall–Kier alpha value is -2.55. The topological polar surface area (TPSA) is 123 Å². The maximum atomic E-state index is 10.8. The van der Waals surface area contributed by atoms with E-state index in [4.69, 9.17) is 9.47 Å². The van der Waals surface area contributed by atoms with E-state index in [-0.39, 0.29) is 11.3 Å². The van der Waals surface area contributed by atoms with Gasteiger partial charge >= 0.3 is 12.3 Å². The molecule has 1 rings (SSSR count). The van der Waals surface area contributed by atoms with Crippen LogP contribution in [-0.4, -0.2) is 25.2 Å². The van der Waals surface area contributed by atoms with Crippen molar-refractivity contribution < 1.29 is 29.0 Å². The van der Waals surface area contributed by atoms with Gasteiger partial charge in [0.25, 0.3) is 0 Å². The fourth-order valence-corrected chi connectivity index (χ4v) is 1.31. The van der Waals surface area contributed by atoms with Crippen LogP contribution in [0.2, 0.25) is 0 Å². The molecule has 0 bridgehead atoms. The minimum Gasteiger partial charge on any atom is -0.493 e. The zero-order valence-corrected chi connectivity index (χ0v) is 10.2. The second kappa shape index (κ2) is 6.40. The highest BCUT2D eigenvalue weighted by molar-refractivity contribution is 5.63. The number of hydrogen-bond donors (Lipinski definition) is 1. The van der Waals surface area contributed by atoms with Crippen molar-refractivity contribution >= 4 is 6.09 Å². The van der Waals surface area contributed by atoms with Gasteiger partial charge in [0.15, 0.2) is 11.5 Å². The molecule has 1 aromatic carbocycles. The van der Waals surface area contributed by atoms with Gasteiger partial charge in [0.05, 0.1) is 24.7 Å². The first kappa shape index (κ1) is 14.5. The molecule has 104 valence electrons. The number of nitrogens with two attached hydrogens (primary N) is 1. The average molecular weight is 272 g/mol. The molecule has 0 spiro atoms. The van der Waals surface area contributed by atoms with Crippen molar-refractivity contribution in [3.8, 4) is 11.5 Å². The summed E-state index contributed by atoms with van der Waals surface area (Å²) in [5, 5.41) is 10.8. The van der Waals surface area contributed by atoms with Gasteiger partial charge in [0, 0.05) is 0 Å². The lowest BCUT2D eigenvalue weighted by molar-refractivity contribution is -0.621. The Morgan fingerprint density at radius 2 is 1.95 bits per heavy atom. The zero-order chi connectivity index (χ0) is 14.4. The summed E-state index contributed by atoms with van der Waals surface area (Å²) in [7, 11) is 2.80. The third-order valence-corrected chi connectivity index (χ3v) is 2.11. The van der Waals surface area contributed by atoms with E-state index in [9.17, 15) is 14.9 Å². The normalized spacial score (nSPS) is 11.5. The van der Waals surface area contributed by atoms with Gasteiger partial charge in [-0.25, -0.2) is 4.79 Å². The molecule has 9 nitrogen and oxygen atoms in total. The minimum atomic E-state index is -1.72. The number of benzene rings is 1. The van der Waals surface area contributed by atoms with Gasteiger partial charge in [-0.2, -0.15) is 0 Å². The van der Waals surface area contributed by atoms with Gasteiger partial charge in [-0.15, -0.1) is 0 Å². The van der Waals surface area contributed by atoms with E-state index in [1.807, 2.05) is 0 Å². The van der Waals surface area contributed by atoms with Crippen LogP contribution in [0.1, 0.15) is 11.8 Å². The molecule has 0 aromatic heterocycles. The van der Waals surface area contributed by atoms with Crippen LogP contribution in [0.5, 0.6) is 11.5 Å². The fraction of sp³-hybridized carbons (Fsp3) is 0.300. The van der Waals surface area contributed by atoms with Crippen molar-refractivity contribution in [3.63, 3.8) is 0 Å². The number of amides is 1. The standard InChI is InChI=1S/C10H12N2O7/c1-16-7-4-3-6(5-8(7)17-2)9(12(14)15)18-19-10(11)13/h3-5,9H,1-2H3,(H2,11,13). The molecular formula is C10H12N2O7. The van der Waals surface area contributed by atoms with Crippen molar-refractivity contribution in [3.05, 3.63) is 33.9 Å². The molecule has 1 amide bonds. The van der Waals surface area contributed by atoms with E-state index in [0.717, 1.165) is 0 Å². The Kier molecular flexibility index (Phi) is 4.89. The molecular weight excluding hydrogens is 260 g/mol. The van der Waals surface area contributed by atoms with Crippen molar-refractivity contribution in [2.75, 3.05) is 14.2 Å². The van der Waals surface area contributed by atoms with E-state index in [1.54, 1.807) is 0 Å². The summed E-state index contributed by atoms with van der Waals surface area (Å²) in [6.07, 6.45) is -3.00. The van der Waals surface area contributed by atoms with Crippen molar-refractivity contribution in [1.29, 1.82) is 0 Å². The van der Waals surface area contributed by atoms with E-state index < -0.39 is 17.2 Å². The van der Waals surface area contributed by atoms with Gasteiger partial charge in [-0.3, -0.25) is 15.0 Å². The monoisotopic (exact) mass is 272 g/mol. The second-order valence-electron chi connectivity index (χ2n) is 3.25. The summed E-state index contributed by atoms with van der Waals surface area (Å²) in [5.74, 6) is 0.665. The molecule has 1 atom stereocenters. The number of hydrogen-bond acceptors (Lipinski definition) is 7. The molecule has 0 saturated carbocycles. The Balaban J connectivity index is 3.02. The van der Waals surface area contributed by atoms with Gasteiger partial charge in [-0.1, -0.05) is 4.89 Å². The van der Waals surface area contributed by atoms with Crippen LogP contribution in [0.4, 0.5) is 4.79 Å². The van der Waals surface area contributed by atoms with E-state index >= 15 is 0 Å². The Bertz CT molecular complexity index is 477. The summed E-state index contributed by atoms with van der Waals surface area (Å²) in [5.41, 5.74) is 4.77. The third-order valence-electron chi connectivity index (χ3n) is 2.11. The van der Waals surface area contributed by atoms with E-state index in [1.165, 1.54) is 32.4 Å². The number of nitro groups is 1. The number of primary amides is 1. The lowest BCUT2D eigenvalue weighted by Crippen LogP contribution is -2.20. The average Bonchev–Trinajstić information content (AvgIpc) is 2.37. The highest BCUT2D eigenvalue weighted by Gasteiger charge is 2.27. The van der Waals surface area contributed by atoms with Crippen molar-refractivity contribution in [2.45, 2.75) is 6.23 Å². The smallest absolute Gasteiger partial charge is 0.436 e. The maximum absolute atomic E-state index is 10.8. The molecule has 0 fully saturated rings. The largest absolute Gasteiger partial charge is 0.493 e. The molecule has 0 radical (unpaired) electrons. The zero-order valence-electron chi connectivity index (χ0n) is 10.2. The van der Waals surface area contributed by atoms with E-state index in [0.29, 0.717) is 5.75 Å². The third kappa shape index (κ3) is 3.71. The Morgan fingerprint density at radius 3 is 2.42 bits per heavy atom. The van der Waals surface area contributed by atoms with Crippen LogP contribution in [0.25, 0.3) is 0 Å². The van der Waals surface area contributed by atoms with Crippen molar-refractivity contribution in [1.82, 2.24) is 0 Å². The molecule has 0 heterocycles. The van der Waals surface area contributed by atoms with Crippen LogP contribution in [0.3, 0.4) is 0 Å². The molecule has 9 heteroatoms. The van der Waals surface area contributed by atoms with Crippen LogP contribution >= 0.6 is 0 Å². The summed E-state index contributed by atoms with van der Waals surface area (Å²) >= 11 is 0. The van der Waals surface area contributed by atoms with Crippen LogP contribution in [0, 0.1) is 10.1 Å². The highest BCUT2D eigenvalue weighted by Crippen LogP contribution is 2.31. The first-order chi connectivity index (χ1) is 8.99. The summed E-state index contributed by atoms with van der Waals surface area (Å²) in [6, 6.07) is 4.16. The van der Waals surface area contributed by atoms with Gasteiger partial charge < -0.3 is 15.2 Å². The van der Waals surface area contributed by atoms with Gasteiger partial charge in [0.2, 0.25) is 0 Å². The van der Waals surface area contributed by atoms with Crippen molar-refractivity contribution in [2.24, 2.45) is 5.73 Å². The highest BCUT2D eigenvalue weighted by atomic mass is 17.2. The van der Waals surface area contributed by atoms with Crippen LogP contribution < -0.4 is 15.2 Å². The number of ether oxygens (including phenoxy) is 2. The molecule has 2 N–H and O–H groups in total. The lowest BCUT2D eigenvalue weighted by atomic mass is 10.2. The molecule has 19 heavy (non-hydrogen) atoms. The molecule has 0 saturated heterocycles. The lowest BCUT2D eigenvalue weighted by Gasteiger charge is -2.11. The fourth-order valence-electron chi connectivity index (χ4n) is 1.31. The Labute approximate surface area is 107 Å². The summed E-state index contributed by atoms with van der Waals surface area (Å²) in [4.78, 5) is 28.8. The van der Waals surface area contributed by atoms with Crippen LogP contribution in [-0.2, 0) is 9.78 Å². The summed E-state index contributed by atoms with van der Waals surface area (Å²) < 4.78 is 9.99. The number of carbonyl (C=O) groups excluding carboxylic acids is 1. The second-order valence-corrected chi connectivity index (χ2v) is 3.25. The Morgan fingerprint density at radius 1 is 1.32 bits per heavy atom. The van der Waals surface area contributed by atoms with Gasteiger partial charge in [-0.05, 0) is 18.2 Å². The number of nitrogens with zero attached hydrogens (tertiary/aromatic N) is 1. The number of carbonyl (C=O) groups is 1. The van der Waals surface area contributed by atoms with Gasteiger partial charge in [0.1, 0.15) is 0 Å². The first-order valence-electron chi connectivity index (χ1n) is 4.97. The SMILES string of the molecule is COc1ccc(C(OOC(N)=O)[N+](=O)[O-])cc1OC.